The third-order valence-corrected chi connectivity index (χ3v) is 7.37. The maximum Gasteiger partial charge on any atom is 0.226 e. The van der Waals surface area contributed by atoms with Gasteiger partial charge in [-0.15, -0.1) is 0 Å². The zero-order chi connectivity index (χ0) is 20.4. The number of piperazine rings is 1. The summed E-state index contributed by atoms with van der Waals surface area (Å²) in [7, 11) is -3.03. The summed E-state index contributed by atoms with van der Waals surface area (Å²) in [6.07, 6.45) is 4.07. The van der Waals surface area contributed by atoms with Crippen LogP contribution < -0.4 is 4.90 Å². The van der Waals surface area contributed by atoms with Crippen LogP contribution in [0.5, 0.6) is 0 Å². The van der Waals surface area contributed by atoms with Crippen LogP contribution in [-0.4, -0.2) is 60.3 Å². The minimum atomic E-state index is -3.03. The van der Waals surface area contributed by atoms with Crippen LogP contribution in [0.1, 0.15) is 24.4 Å². The zero-order valence-electron chi connectivity index (χ0n) is 15.9. The molecule has 2 fully saturated rings. The average molecular weight is 418 g/mol. The molecule has 1 unspecified atom stereocenters. The Bertz CT molecular complexity index is 955. The Hall–Kier alpha value is -2.55. The summed E-state index contributed by atoms with van der Waals surface area (Å²) in [4.78, 5) is 25.7. The molecule has 2 saturated heterocycles. The van der Waals surface area contributed by atoms with Crippen molar-refractivity contribution < 1.29 is 17.6 Å². The first-order chi connectivity index (χ1) is 13.9. The van der Waals surface area contributed by atoms with E-state index in [-0.39, 0.29) is 35.2 Å². The van der Waals surface area contributed by atoms with E-state index in [1.807, 2.05) is 9.80 Å². The Labute approximate surface area is 169 Å². The standard InChI is InChI=1S/C20H23FN4O3S/c21-17-4-2-15(3-5-17)18-14-24(20-22-8-1-9-23-20)10-11-25(18)19(26)16-6-12-29(27,28)13-7-16/h1-5,8-9,16,18H,6-7,10-14H2. The number of carbonyl (C=O) groups excluding carboxylic acids is 1. The van der Waals surface area contributed by atoms with Gasteiger partial charge in [0.1, 0.15) is 15.7 Å². The summed E-state index contributed by atoms with van der Waals surface area (Å²) in [6.45, 7) is 1.55. The summed E-state index contributed by atoms with van der Waals surface area (Å²) in [5.41, 5.74) is 0.837. The molecule has 1 atom stereocenters. The predicted molar refractivity (Wildman–Crippen MR) is 106 cm³/mol. The number of hydrogen-bond donors (Lipinski definition) is 0. The molecule has 154 valence electrons. The normalized spacial score (nSPS) is 22.4. The zero-order valence-corrected chi connectivity index (χ0v) is 16.8. The van der Waals surface area contributed by atoms with Gasteiger partial charge in [0.05, 0.1) is 17.5 Å². The molecule has 0 spiro atoms. The van der Waals surface area contributed by atoms with E-state index in [2.05, 4.69) is 9.97 Å². The minimum Gasteiger partial charge on any atom is -0.337 e. The van der Waals surface area contributed by atoms with Crippen LogP contribution in [0, 0.1) is 11.7 Å². The van der Waals surface area contributed by atoms with Gasteiger partial charge in [-0.05, 0) is 36.6 Å². The fourth-order valence-electron chi connectivity index (χ4n) is 4.02. The van der Waals surface area contributed by atoms with Crippen molar-refractivity contribution in [3.8, 4) is 0 Å². The number of hydrogen-bond acceptors (Lipinski definition) is 6. The van der Waals surface area contributed by atoms with Crippen molar-refractivity contribution in [1.29, 1.82) is 0 Å². The molecule has 0 bridgehead atoms. The summed E-state index contributed by atoms with van der Waals surface area (Å²) in [5, 5.41) is 0. The number of nitrogens with zero attached hydrogens (tertiary/aromatic N) is 4. The summed E-state index contributed by atoms with van der Waals surface area (Å²) in [6, 6.07) is 7.64. The molecular weight excluding hydrogens is 395 g/mol. The number of aromatic nitrogens is 2. The Kier molecular flexibility index (Phi) is 5.49. The summed E-state index contributed by atoms with van der Waals surface area (Å²) < 4.78 is 36.9. The van der Waals surface area contributed by atoms with Crippen molar-refractivity contribution in [3.63, 3.8) is 0 Å². The molecule has 2 aromatic rings. The fraction of sp³-hybridized carbons (Fsp3) is 0.450. The third kappa shape index (κ3) is 4.39. The number of sulfone groups is 1. The van der Waals surface area contributed by atoms with Gasteiger partial charge in [0.15, 0.2) is 0 Å². The average Bonchev–Trinajstić information content (AvgIpc) is 2.74. The highest BCUT2D eigenvalue weighted by atomic mass is 32.2. The Morgan fingerprint density at radius 3 is 2.34 bits per heavy atom. The van der Waals surface area contributed by atoms with Crippen LogP contribution in [0.3, 0.4) is 0 Å². The van der Waals surface area contributed by atoms with Gasteiger partial charge in [0, 0.05) is 37.9 Å². The number of halogens is 1. The third-order valence-electron chi connectivity index (χ3n) is 5.66. The second kappa shape index (κ2) is 8.06. The van der Waals surface area contributed by atoms with Crippen LogP contribution in [0.25, 0.3) is 0 Å². The lowest BCUT2D eigenvalue weighted by Gasteiger charge is -2.43. The summed E-state index contributed by atoms with van der Waals surface area (Å²) in [5.74, 6) is 0.0627. The van der Waals surface area contributed by atoms with Gasteiger partial charge in [0.25, 0.3) is 0 Å². The van der Waals surface area contributed by atoms with Crippen molar-refractivity contribution in [3.05, 3.63) is 54.1 Å². The van der Waals surface area contributed by atoms with E-state index in [0.717, 1.165) is 5.56 Å². The van der Waals surface area contributed by atoms with Crippen molar-refractivity contribution in [2.45, 2.75) is 18.9 Å². The first kappa shape index (κ1) is 19.8. The van der Waals surface area contributed by atoms with E-state index in [1.165, 1.54) is 12.1 Å². The first-order valence-electron chi connectivity index (χ1n) is 9.71. The molecule has 0 N–H and O–H groups in total. The number of benzene rings is 1. The molecule has 3 heterocycles. The van der Waals surface area contributed by atoms with E-state index in [4.69, 9.17) is 0 Å². The van der Waals surface area contributed by atoms with E-state index >= 15 is 0 Å². The maximum absolute atomic E-state index is 13.4. The summed E-state index contributed by atoms with van der Waals surface area (Å²) >= 11 is 0. The van der Waals surface area contributed by atoms with Crippen LogP contribution in [-0.2, 0) is 14.6 Å². The topological polar surface area (TPSA) is 83.5 Å². The second-order valence-corrected chi connectivity index (χ2v) is 9.82. The Balaban J connectivity index is 1.58. The van der Waals surface area contributed by atoms with Gasteiger partial charge in [-0.1, -0.05) is 12.1 Å². The molecule has 1 amide bonds. The second-order valence-electron chi connectivity index (χ2n) is 7.52. The molecule has 9 heteroatoms. The molecule has 0 saturated carbocycles. The van der Waals surface area contributed by atoms with Crippen LogP contribution in [0.15, 0.2) is 42.7 Å². The van der Waals surface area contributed by atoms with Gasteiger partial charge in [-0.3, -0.25) is 4.79 Å². The lowest BCUT2D eigenvalue weighted by Crippen LogP contribution is -2.53. The molecule has 29 heavy (non-hydrogen) atoms. The molecule has 2 aliphatic heterocycles. The van der Waals surface area contributed by atoms with Crippen molar-refractivity contribution in [2.75, 3.05) is 36.0 Å². The van der Waals surface area contributed by atoms with E-state index in [1.54, 1.807) is 30.6 Å². The number of amides is 1. The molecule has 1 aromatic heterocycles. The smallest absolute Gasteiger partial charge is 0.226 e. The molecule has 7 nitrogen and oxygen atoms in total. The predicted octanol–water partition coefficient (Wildman–Crippen LogP) is 1.83. The first-order valence-corrected chi connectivity index (χ1v) is 11.5. The van der Waals surface area contributed by atoms with Crippen LogP contribution in [0.4, 0.5) is 10.3 Å². The minimum absolute atomic E-state index is 0.0251. The van der Waals surface area contributed by atoms with Crippen LogP contribution >= 0.6 is 0 Å². The molecule has 4 rings (SSSR count). The molecule has 0 aliphatic carbocycles. The molecular formula is C20H23FN4O3S. The van der Waals surface area contributed by atoms with Gasteiger partial charge in [-0.2, -0.15) is 0 Å². The van der Waals surface area contributed by atoms with Gasteiger partial charge in [-0.25, -0.2) is 22.8 Å². The fourth-order valence-corrected chi connectivity index (χ4v) is 5.52. The van der Waals surface area contributed by atoms with Gasteiger partial charge in [0.2, 0.25) is 11.9 Å². The van der Waals surface area contributed by atoms with Crippen molar-refractivity contribution in [2.24, 2.45) is 5.92 Å². The lowest BCUT2D eigenvalue weighted by molar-refractivity contribution is -0.138. The van der Waals surface area contributed by atoms with Crippen LogP contribution in [0.2, 0.25) is 0 Å². The molecule has 2 aliphatic rings. The van der Waals surface area contributed by atoms with Gasteiger partial charge >= 0.3 is 0 Å². The highest BCUT2D eigenvalue weighted by Gasteiger charge is 2.37. The molecule has 0 radical (unpaired) electrons. The maximum atomic E-state index is 13.4. The van der Waals surface area contributed by atoms with Crippen molar-refractivity contribution in [1.82, 2.24) is 14.9 Å². The lowest BCUT2D eigenvalue weighted by atomic mass is 9.96. The monoisotopic (exact) mass is 418 g/mol. The van der Waals surface area contributed by atoms with E-state index in [0.29, 0.717) is 38.4 Å². The number of rotatable bonds is 3. The van der Waals surface area contributed by atoms with Crippen molar-refractivity contribution >= 4 is 21.7 Å². The quantitative estimate of drug-likeness (QED) is 0.756. The van der Waals surface area contributed by atoms with E-state index in [9.17, 15) is 17.6 Å². The van der Waals surface area contributed by atoms with E-state index < -0.39 is 9.84 Å². The number of carbonyl (C=O) groups is 1. The highest BCUT2D eigenvalue weighted by Crippen LogP contribution is 2.31. The Morgan fingerprint density at radius 1 is 1.03 bits per heavy atom. The Morgan fingerprint density at radius 2 is 1.69 bits per heavy atom. The number of anilines is 1. The SMILES string of the molecule is O=C(C1CCS(=O)(=O)CC1)N1CCN(c2ncccn2)CC1c1ccc(F)cc1. The highest BCUT2D eigenvalue weighted by molar-refractivity contribution is 7.91. The molecule has 1 aromatic carbocycles. The largest absolute Gasteiger partial charge is 0.337 e. The van der Waals surface area contributed by atoms with Gasteiger partial charge < -0.3 is 9.80 Å².